The molecule has 2 aliphatic carbocycles. The normalized spacial score (nSPS) is 34.1. The molecule has 2 fully saturated rings. The van der Waals surface area contributed by atoms with E-state index in [4.69, 9.17) is 10.5 Å². The van der Waals surface area contributed by atoms with Crippen LogP contribution in [-0.2, 0) is 4.79 Å². The summed E-state index contributed by atoms with van der Waals surface area (Å²) < 4.78 is 0. The quantitative estimate of drug-likeness (QED) is 0.661. The molecule has 72 valence electrons. The number of hydrogen-bond donors (Lipinski definition) is 0. The second kappa shape index (κ2) is 3.42. The van der Waals surface area contributed by atoms with Crippen molar-refractivity contribution >= 4 is 5.78 Å². The summed E-state index contributed by atoms with van der Waals surface area (Å²) in [4.78, 5) is 11.7. The predicted molar refractivity (Wildman–Crippen MR) is 48.7 cm³/mol. The fraction of sp³-hybridized carbons (Fsp3) is 0.727. The molecule has 0 aromatic carbocycles. The van der Waals surface area contributed by atoms with Gasteiger partial charge in [0, 0.05) is 5.92 Å². The molecule has 2 atom stereocenters. The number of carbonyl (C=O) groups is 1. The Labute approximate surface area is 83.3 Å². The molecule has 0 aromatic rings. The van der Waals surface area contributed by atoms with Gasteiger partial charge in [-0.25, -0.2) is 0 Å². The van der Waals surface area contributed by atoms with Crippen molar-refractivity contribution in [1.29, 1.82) is 10.5 Å². The third-order valence-corrected chi connectivity index (χ3v) is 3.53. The highest BCUT2D eigenvalue weighted by Crippen LogP contribution is 2.56. The lowest BCUT2D eigenvalue weighted by Crippen LogP contribution is -2.14. The minimum atomic E-state index is -1.02. The van der Waals surface area contributed by atoms with Crippen molar-refractivity contribution in [3.63, 3.8) is 0 Å². The average Bonchev–Trinajstić information content (AvgIpc) is 2.93. The Balaban J connectivity index is 2.02. The van der Waals surface area contributed by atoms with Crippen molar-refractivity contribution in [3.05, 3.63) is 0 Å². The first-order chi connectivity index (χ1) is 6.79. The third kappa shape index (κ3) is 1.30. The second-order valence-corrected chi connectivity index (χ2v) is 4.23. The molecule has 0 heterocycles. The Morgan fingerprint density at radius 2 is 1.64 bits per heavy atom. The van der Waals surface area contributed by atoms with E-state index in [1.807, 2.05) is 0 Å². The number of nitrogens with zero attached hydrogens (tertiary/aromatic N) is 2. The third-order valence-electron chi connectivity index (χ3n) is 3.53. The maximum Gasteiger partial charge on any atom is 0.191 e. The molecule has 0 aliphatic heterocycles. The zero-order chi connectivity index (χ0) is 10.1. The van der Waals surface area contributed by atoms with Gasteiger partial charge in [0.15, 0.2) is 11.7 Å². The standard InChI is InChI=1S/C11H12N2O/c12-5-7(6-13)11(14)10-8-3-1-2-4-9(8)10/h7-10H,1-4H2. The maximum atomic E-state index is 11.7. The lowest BCUT2D eigenvalue weighted by atomic mass is 10.0. The highest BCUT2D eigenvalue weighted by Gasteiger charge is 2.55. The highest BCUT2D eigenvalue weighted by molar-refractivity contribution is 5.90. The fourth-order valence-corrected chi connectivity index (χ4v) is 2.76. The van der Waals surface area contributed by atoms with Crippen molar-refractivity contribution in [1.82, 2.24) is 0 Å². The summed E-state index contributed by atoms with van der Waals surface area (Å²) >= 11 is 0. The van der Waals surface area contributed by atoms with Gasteiger partial charge in [-0.3, -0.25) is 4.79 Å². The van der Waals surface area contributed by atoms with E-state index in [-0.39, 0.29) is 11.7 Å². The van der Waals surface area contributed by atoms with Crippen molar-refractivity contribution in [3.8, 4) is 12.1 Å². The van der Waals surface area contributed by atoms with Gasteiger partial charge in [0.2, 0.25) is 0 Å². The van der Waals surface area contributed by atoms with Crippen LogP contribution in [0.2, 0.25) is 0 Å². The molecular formula is C11H12N2O. The smallest absolute Gasteiger partial charge is 0.191 e. The number of hydrogen-bond acceptors (Lipinski definition) is 3. The van der Waals surface area contributed by atoms with Crippen LogP contribution in [0.25, 0.3) is 0 Å². The summed E-state index contributed by atoms with van der Waals surface area (Å²) in [5, 5.41) is 17.2. The van der Waals surface area contributed by atoms with Gasteiger partial charge in [-0.1, -0.05) is 12.8 Å². The molecular weight excluding hydrogens is 176 g/mol. The molecule has 14 heavy (non-hydrogen) atoms. The Kier molecular flexibility index (Phi) is 2.25. The Morgan fingerprint density at radius 1 is 1.14 bits per heavy atom. The molecule has 0 radical (unpaired) electrons. The SMILES string of the molecule is N#CC(C#N)C(=O)C1C2CCCCC21. The molecule has 0 bridgehead atoms. The van der Waals surface area contributed by atoms with Gasteiger partial charge in [-0.05, 0) is 24.7 Å². The second-order valence-electron chi connectivity index (χ2n) is 4.23. The lowest BCUT2D eigenvalue weighted by molar-refractivity contribution is -0.121. The number of fused-ring (bicyclic) bond motifs is 1. The zero-order valence-electron chi connectivity index (χ0n) is 7.94. The van der Waals surface area contributed by atoms with Crippen LogP contribution in [0.4, 0.5) is 0 Å². The number of Topliss-reactive ketones (excluding diaryl/α,β-unsaturated/α-hetero) is 1. The highest BCUT2D eigenvalue weighted by atomic mass is 16.1. The van der Waals surface area contributed by atoms with Crippen LogP contribution in [0.3, 0.4) is 0 Å². The van der Waals surface area contributed by atoms with E-state index in [1.165, 1.54) is 12.8 Å². The minimum absolute atomic E-state index is 0.0433. The van der Waals surface area contributed by atoms with Gasteiger partial charge in [0.05, 0.1) is 12.1 Å². The summed E-state index contributed by atoms with van der Waals surface area (Å²) in [5.41, 5.74) is 0. The van der Waals surface area contributed by atoms with Crippen molar-refractivity contribution in [2.45, 2.75) is 25.7 Å². The van der Waals surface area contributed by atoms with Crippen LogP contribution >= 0.6 is 0 Å². The molecule has 0 N–H and O–H groups in total. The van der Waals surface area contributed by atoms with E-state index in [0.29, 0.717) is 11.8 Å². The maximum absolute atomic E-state index is 11.7. The topological polar surface area (TPSA) is 64.7 Å². The fourth-order valence-electron chi connectivity index (χ4n) is 2.76. The zero-order valence-corrected chi connectivity index (χ0v) is 7.94. The largest absolute Gasteiger partial charge is 0.297 e. The van der Waals surface area contributed by atoms with Gasteiger partial charge < -0.3 is 0 Å². The number of nitriles is 2. The van der Waals surface area contributed by atoms with Crippen LogP contribution in [0.15, 0.2) is 0 Å². The van der Waals surface area contributed by atoms with Gasteiger partial charge in [0.25, 0.3) is 0 Å². The molecule has 0 aromatic heterocycles. The monoisotopic (exact) mass is 188 g/mol. The van der Waals surface area contributed by atoms with E-state index in [2.05, 4.69) is 0 Å². The Morgan fingerprint density at radius 3 is 2.07 bits per heavy atom. The molecule has 0 spiro atoms. The van der Waals surface area contributed by atoms with E-state index < -0.39 is 5.92 Å². The van der Waals surface area contributed by atoms with Crippen molar-refractivity contribution < 1.29 is 4.79 Å². The predicted octanol–water partition coefficient (Wildman–Crippen LogP) is 1.66. The number of rotatable bonds is 2. The first-order valence-corrected chi connectivity index (χ1v) is 5.12. The van der Waals surface area contributed by atoms with E-state index in [9.17, 15) is 4.79 Å². The summed E-state index contributed by atoms with van der Waals surface area (Å²) in [6.07, 6.45) is 4.64. The van der Waals surface area contributed by atoms with E-state index >= 15 is 0 Å². The molecule has 0 saturated heterocycles. The molecule has 2 aliphatic rings. The Hall–Kier alpha value is -1.35. The van der Waals surface area contributed by atoms with Crippen LogP contribution in [0, 0.1) is 46.3 Å². The van der Waals surface area contributed by atoms with Gasteiger partial charge in [-0.15, -0.1) is 0 Å². The van der Waals surface area contributed by atoms with Crippen LogP contribution in [-0.4, -0.2) is 5.78 Å². The molecule has 0 amide bonds. The van der Waals surface area contributed by atoms with Gasteiger partial charge in [-0.2, -0.15) is 10.5 Å². The first-order valence-electron chi connectivity index (χ1n) is 5.12. The minimum Gasteiger partial charge on any atom is -0.297 e. The van der Waals surface area contributed by atoms with Gasteiger partial charge in [0.1, 0.15) is 0 Å². The van der Waals surface area contributed by atoms with E-state index in [1.54, 1.807) is 12.1 Å². The number of ketones is 1. The van der Waals surface area contributed by atoms with Crippen molar-refractivity contribution in [2.75, 3.05) is 0 Å². The average molecular weight is 188 g/mol. The summed E-state index contributed by atoms with van der Waals surface area (Å²) in [5.74, 6) is -0.0970. The lowest BCUT2D eigenvalue weighted by Gasteiger charge is -2.04. The molecule has 2 rings (SSSR count). The summed E-state index contributed by atoms with van der Waals surface area (Å²) in [7, 11) is 0. The number of carbonyl (C=O) groups excluding carboxylic acids is 1. The van der Waals surface area contributed by atoms with Gasteiger partial charge >= 0.3 is 0 Å². The molecule has 2 unspecified atom stereocenters. The van der Waals surface area contributed by atoms with E-state index in [0.717, 1.165) is 12.8 Å². The van der Waals surface area contributed by atoms with Crippen molar-refractivity contribution in [2.24, 2.45) is 23.7 Å². The molecule has 3 nitrogen and oxygen atoms in total. The van der Waals surface area contributed by atoms with Crippen LogP contribution in [0.5, 0.6) is 0 Å². The Bertz CT molecular complexity index is 310. The molecule has 2 saturated carbocycles. The summed E-state index contributed by atoms with van der Waals surface area (Å²) in [6, 6.07) is 3.54. The van der Waals surface area contributed by atoms with Crippen LogP contribution in [0.1, 0.15) is 25.7 Å². The molecule has 3 heteroatoms. The van der Waals surface area contributed by atoms with Crippen LogP contribution < -0.4 is 0 Å². The summed E-state index contributed by atoms with van der Waals surface area (Å²) in [6.45, 7) is 0. The first kappa shape index (κ1) is 9.21.